The predicted molar refractivity (Wildman–Crippen MR) is 126 cm³/mol. The maximum Gasteiger partial charge on any atom is 0.490 e. The molecule has 0 bridgehead atoms. The van der Waals surface area contributed by atoms with Gasteiger partial charge in [-0.2, -0.15) is 31.4 Å². The summed E-state index contributed by atoms with van der Waals surface area (Å²) in [7, 11) is 0. The number of halogens is 6. The monoisotopic (exact) mass is 583 g/mol. The summed E-state index contributed by atoms with van der Waals surface area (Å²) in [6.45, 7) is 7.22. The minimum atomic E-state index is -5.08. The zero-order chi connectivity index (χ0) is 30.5. The molecule has 4 rings (SSSR count). The van der Waals surface area contributed by atoms with Gasteiger partial charge >= 0.3 is 35.4 Å². The number of hydrogen-bond acceptors (Lipinski definition) is 7. The summed E-state index contributed by atoms with van der Waals surface area (Å²) in [5, 5.41) is 18.9. The number of carboxylic acid groups (broad SMARTS) is 2. The SMILES string of the molecule is CC(C)n1nc2n(c(=O)c1=O)CCC21CCN(Cc2cccnc2)CC1.O=C(O)C(F)(F)F.O=C(O)C(F)(F)F. The van der Waals surface area contributed by atoms with Crippen LogP contribution in [-0.4, -0.2) is 71.8 Å². The van der Waals surface area contributed by atoms with Gasteiger partial charge in [-0.05, 0) is 57.8 Å². The van der Waals surface area contributed by atoms with Gasteiger partial charge in [0, 0.05) is 30.9 Å². The van der Waals surface area contributed by atoms with E-state index in [0.717, 1.165) is 44.7 Å². The Morgan fingerprint density at radius 3 is 1.88 bits per heavy atom. The minimum Gasteiger partial charge on any atom is -0.475 e. The third kappa shape index (κ3) is 8.12. The largest absolute Gasteiger partial charge is 0.490 e. The molecule has 2 aliphatic rings. The number of rotatable bonds is 3. The highest BCUT2D eigenvalue weighted by molar-refractivity contribution is 5.73. The molecule has 0 aromatic carbocycles. The Labute approximate surface area is 222 Å². The summed E-state index contributed by atoms with van der Waals surface area (Å²) < 4.78 is 66.5. The molecule has 1 fully saturated rings. The standard InChI is InChI=1S/C19H25N5O2.2C2HF3O2/c1-14(2)24-17(26)16(25)23-11-7-19(18(23)21-24)5-9-22(10-6-19)13-15-4-3-8-20-12-15;2*3-2(4,5)1(6)7/h3-4,8,12,14H,5-7,9-11,13H2,1-2H3;2*(H,6,7). The summed E-state index contributed by atoms with van der Waals surface area (Å²) in [6.07, 6.45) is -3.62. The van der Waals surface area contributed by atoms with Crippen LogP contribution in [0.3, 0.4) is 0 Å². The molecule has 0 unspecified atom stereocenters. The van der Waals surface area contributed by atoms with Gasteiger partial charge in [0.05, 0.1) is 6.04 Å². The average molecular weight is 583 g/mol. The van der Waals surface area contributed by atoms with Gasteiger partial charge in [0.1, 0.15) is 5.82 Å². The minimum absolute atomic E-state index is 0.0745. The number of piperidine rings is 1. The molecule has 2 N–H and O–H groups in total. The smallest absolute Gasteiger partial charge is 0.475 e. The number of alkyl halides is 6. The van der Waals surface area contributed by atoms with Gasteiger partial charge < -0.3 is 10.2 Å². The van der Waals surface area contributed by atoms with Crippen LogP contribution in [0.1, 0.15) is 50.5 Å². The summed E-state index contributed by atoms with van der Waals surface area (Å²) in [5.74, 6) is -4.70. The van der Waals surface area contributed by atoms with E-state index in [1.165, 1.54) is 10.2 Å². The van der Waals surface area contributed by atoms with E-state index < -0.39 is 35.4 Å². The lowest BCUT2D eigenvalue weighted by atomic mass is 9.76. The third-order valence-corrected chi connectivity index (χ3v) is 6.30. The highest BCUT2D eigenvalue weighted by atomic mass is 19.4. The van der Waals surface area contributed by atoms with Gasteiger partial charge in [0.25, 0.3) is 0 Å². The van der Waals surface area contributed by atoms with Gasteiger partial charge in [-0.25, -0.2) is 14.3 Å². The Morgan fingerprint density at radius 2 is 1.45 bits per heavy atom. The number of fused-ring (bicyclic) bond motifs is 2. The van der Waals surface area contributed by atoms with Gasteiger partial charge in [0.15, 0.2) is 0 Å². The number of pyridine rings is 1. The fraction of sp³-hybridized carbons (Fsp3) is 0.565. The maximum atomic E-state index is 12.5. The Bertz CT molecular complexity index is 1270. The molecular formula is C23H27F6N5O6. The third-order valence-electron chi connectivity index (χ3n) is 6.30. The number of carbonyl (C=O) groups is 2. The molecule has 0 saturated carbocycles. The highest BCUT2D eigenvalue weighted by Crippen LogP contribution is 2.41. The lowest BCUT2D eigenvalue weighted by Crippen LogP contribution is -2.47. The molecule has 2 aromatic rings. The molecule has 17 heteroatoms. The van der Waals surface area contributed by atoms with Crippen molar-refractivity contribution in [3.8, 4) is 0 Å². The van der Waals surface area contributed by atoms with Crippen molar-refractivity contribution in [2.24, 2.45) is 0 Å². The van der Waals surface area contributed by atoms with E-state index >= 15 is 0 Å². The molecule has 40 heavy (non-hydrogen) atoms. The van der Waals surface area contributed by atoms with Crippen molar-refractivity contribution in [3.63, 3.8) is 0 Å². The molecule has 0 atom stereocenters. The van der Waals surface area contributed by atoms with Crippen LogP contribution in [0.5, 0.6) is 0 Å². The second kappa shape index (κ2) is 12.6. The molecule has 1 saturated heterocycles. The first kappa shape index (κ1) is 32.5. The quantitative estimate of drug-likeness (QED) is 0.411. The zero-order valence-corrected chi connectivity index (χ0v) is 21.4. The lowest BCUT2D eigenvalue weighted by Gasteiger charge is -2.38. The van der Waals surface area contributed by atoms with E-state index in [-0.39, 0.29) is 11.5 Å². The van der Waals surface area contributed by atoms with E-state index in [2.05, 4.69) is 21.0 Å². The zero-order valence-electron chi connectivity index (χ0n) is 21.4. The van der Waals surface area contributed by atoms with Crippen LogP contribution in [0.4, 0.5) is 26.3 Å². The molecule has 1 spiro atoms. The molecule has 0 aliphatic carbocycles. The highest BCUT2D eigenvalue weighted by Gasteiger charge is 2.44. The van der Waals surface area contributed by atoms with Gasteiger partial charge in [-0.3, -0.25) is 24.0 Å². The summed E-state index contributed by atoms with van der Waals surface area (Å²) in [4.78, 5) is 49.2. The fourth-order valence-corrected chi connectivity index (χ4v) is 4.26. The second-order valence-corrected chi connectivity index (χ2v) is 9.40. The Morgan fingerprint density at radius 1 is 0.950 bits per heavy atom. The van der Waals surface area contributed by atoms with Gasteiger partial charge in [0.2, 0.25) is 0 Å². The first-order valence-electron chi connectivity index (χ1n) is 11.8. The Kier molecular flexibility index (Phi) is 10.2. The van der Waals surface area contributed by atoms with E-state index in [0.29, 0.717) is 6.54 Å². The Balaban J connectivity index is 0.000000333. The second-order valence-electron chi connectivity index (χ2n) is 9.40. The van der Waals surface area contributed by atoms with Crippen molar-refractivity contribution in [2.75, 3.05) is 13.1 Å². The van der Waals surface area contributed by atoms with Crippen LogP contribution >= 0.6 is 0 Å². The number of likely N-dealkylation sites (tertiary alicyclic amines) is 1. The number of hydrogen-bond donors (Lipinski definition) is 2. The molecular weight excluding hydrogens is 556 g/mol. The van der Waals surface area contributed by atoms with E-state index in [1.807, 2.05) is 26.1 Å². The normalized spacial score (nSPS) is 16.4. The van der Waals surface area contributed by atoms with Crippen molar-refractivity contribution in [2.45, 2.75) is 70.0 Å². The Hall–Kier alpha value is -3.76. The van der Waals surface area contributed by atoms with Crippen molar-refractivity contribution >= 4 is 11.9 Å². The maximum absolute atomic E-state index is 12.5. The molecule has 0 radical (unpaired) electrons. The topological polar surface area (TPSA) is 148 Å². The van der Waals surface area contributed by atoms with Crippen molar-refractivity contribution in [1.82, 2.24) is 24.2 Å². The van der Waals surface area contributed by atoms with Crippen LogP contribution in [0, 0.1) is 0 Å². The number of aromatic nitrogens is 4. The van der Waals surface area contributed by atoms with Crippen molar-refractivity contribution in [3.05, 3.63) is 56.6 Å². The van der Waals surface area contributed by atoms with Crippen molar-refractivity contribution < 1.29 is 46.1 Å². The summed E-state index contributed by atoms with van der Waals surface area (Å²) >= 11 is 0. The number of nitrogens with zero attached hydrogens (tertiary/aromatic N) is 5. The molecule has 222 valence electrons. The average Bonchev–Trinajstić information content (AvgIpc) is 3.21. The molecule has 11 nitrogen and oxygen atoms in total. The van der Waals surface area contributed by atoms with Crippen LogP contribution in [-0.2, 0) is 28.1 Å². The van der Waals surface area contributed by atoms with Gasteiger partial charge in [-0.1, -0.05) is 6.07 Å². The molecule has 2 aromatic heterocycles. The first-order valence-corrected chi connectivity index (χ1v) is 11.8. The van der Waals surface area contributed by atoms with E-state index in [9.17, 15) is 35.9 Å². The predicted octanol–water partition coefficient (Wildman–Crippen LogP) is 2.58. The van der Waals surface area contributed by atoms with Crippen molar-refractivity contribution in [1.29, 1.82) is 0 Å². The first-order chi connectivity index (χ1) is 18.4. The summed E-state index contributed by atoms with van der Waals surface area (Å²) in [5.41, 5.74) is 0.223. The molecule has 0 amide bonds. The van der Waals surface area contributed by atoms with Crippen LogP contribution in [0.2, 0.25) is 0 Å². The summed E-state index contributed by atoms with van der Waals surface area (Å²) in [6, 6.07) is 3.96. The fourth-order valence-electron chi connectivity index (χ4n) is 4.26. The van der Waals surface area contributed by atoms with E-state index in [4.69, 9.17) is 19.8 Å². The van der Waals surface area contributed by atoms with Gasteiger partial charge in [-0.15, -0.1) is 0 Å². The number of aliphatic carboxylic acids is 2. The molecule has 2 aliphatic heterocycles. The van der Waals surface area contributed by atoms with Crippen LogP contribution in [0.25, 0.3) is 0 Å². The lowest BCUT2D eigenvalue weighted by molar-refractivity contribution is -0.193. The van der Waals surface area contributed by atoms with Crippen LogP contribution < -0.4 is 11.1 Å². The molecule has 4 heterocycles. The van der Waals surface area contributed by atoms with E-state index in [1.54, 1.807) is 10.8 Å². The van der Waals surface area contributed by atoms with Crippen LogP contribution in [0.15, 0.2) is 34.1 Å². The number of carboxylic acids is 2.